The van der Waals surface area contributed by atoms with E-state index >= 15 is 0 Å². The van der Waals surface area contributed by atoms with Gasteiger partial charge in [0.15, 0.2) is 0 Å². The lowest BCUT2D eigenvalue weighted by molar-refractivity contribution is -0.123. The summed E-state index contributed by atoms with van der Waals surface area (Å²) in [6, 6.07) is 6.56. The number of nitrogens with one attached hydrogen (secondary N) is 2. The van der Waals surface area contributed by atoms with Gasteiger partial charge in [-0.15, -0.1) is 0 Å². The number of halogens is 1. The van der Waals surface area contributed by atoms with Crippen molar-refractivity contribution in [1.82, 2.24) is 10.6 Å². The van der Waals surface area contributed by atoms with Gasteiger partial charge in [0.1, 0.15) is 6.04 Å². The van der Waals surface area contributed by atoms with Crippen molar-refractivity contribution < 1.29 is 9.59 Å². The second kappa shape index (κ2) is 10.2. The fourth-order valence-electron chi connectivity index (χ4n) is 2.53. The van der Waals surface area contributed by atoms with E-state index in [4.69, 9.17) is 11.6 Å². The van der Waals surface area contributed by atoms with Crippen molar-refractivity contribution in [2.75, 3.05) is 23.5 Å². The summed E-state index contributed by atoms with van der Waals surface area (Å²) in [6.45, 7) is 0. The van der Waals surface area contributed by atoms with Crippen LogP contribution in [0.3, 0.4) is 0 Å². The molecule has 0 saturated carbocycles. The average molecular weight is 387 g/mol. The lowest BCUT2D eigenvalue weighted by Gasteiger charge is -2.26. The summed E-state index contributed by atoms with van der Waals surface area (Å²) in [5.74, 6) is 2.56. The van der Waals surface area contributed by atoms with Crippen molar-refractivity contribution >= 4 is 46.9 Å². The molecule has 1 unspecified atom stereocenters. The molecule has 1 atom stereocenters. The van der Waals surface area contributed by atoms with Gasteiger partial charge in [-0.3, -0.25) is 9.59 Å². The number of hydrogen-bond donors (Lipinski definition) is 2. The second-order valence-electron chi connectivity index (χ2n) is 5.68. The largest absolute Gasteiger partial charge is 0.352 e. The summed E-state index contributed by atoms with van der Waals surface area (Å²) < 4.78 is 0. The first-order valence-electron chi connectivity index (χ1n) is 8.04. The first-order chi connectivity index (χ1) is 11.6. The van der Waals surface area contributed by atoms with Crippen LogP contribution in [0.2, 0.25) is 5.02 Å². The molecule has 1 aliphatic heterocycles. The number of carbonyl (C=O) groups is 2. The molecular formula is C17H23ClN2O2S2. The molecular weight excluding hydrogens is 364 g/mol. The molecule has 1 aliphatic rings. The number of thioether (sulfide) groups is 2. The minimum Gasteiger partial charge on any atom is -0.352 e. The van der Waals surface area contributed by atoms with Crippen LogP contribution < -0.4 is 10.6 Å². The van der Waals surface area contributed by atoms with E-state index in [1.54, 1.807) is 36.0 Å². The molecule has 2 N–H and O–H groups in total. The number of rotatable bonds is 7. The third-order valence-electron chi connectivity index (χ3n) is 3.92. The molecule has 0 aliphatic carbocycles. The van der Waals surface area contributed by atoms with Crippen LogP contribution in [0.1, 0.15) is 29.6 Å². The van der Waals surface area contributed by atoms with E-state index < -0.39 is 6.04 Å². The summed E-state index contributed by atoms with van der Waals surface area (Å²) in [4.78, 5) is 25.0. The molecule has 132 valence electrons. The monoisotopic (exact) mass is 386 g/mol. The summed E-state index contributed by atoms with van der Waals surface area (Å²) in [6.07, 6.45) is 4.57. The molecule has 0 bridgehead atoms. The zero-order valence-electron chi connectivity index (χ0n) is 13.7. The Hall–Kier alpha value is -0.850. The van der Waals surface area contributed by atoms with E-state index in [1.165, 1.54) is 0 Å². The van der Waals surface area contributed by atoms with Gasteiger partial charge in [0.2, 0.25) is 5.91 Å². The van der Waals surface area contributed by atoms with Gasteiger partial charge in [-0.1, -0.05) is 23.7 Å². The molecule has 0 aromatic heterocycles. The first kappa shape index (κ1) is 19.5. The Morgan fingerprint density at radius 3 is 2.71 bits per heavy atom. The van der Waals surface area contributed by atoms with E-state index in [0.29, 0.717) is 17.0 Å². The highest BCUT2D eigenvalue weighted by molar-refractivity contribution is 7.99. The number of hydrogen-bond acceptors (Lipinski definition) is 4. The van der Waals surface area contributed by atoms with Crippen molar-refractivity contribution in [1.29, 1.82) is 0 Å². The highest BCUT2D eigenvalue weighted by Gasteiger charge is 2.25. The Balaban J connectivity index is 1.99. The highest BCUT2D eigenvalue weighted by atomic mass is 35.5. The Labute approximate surface area is 156 Å². The number of benzene rings is 1. The van der Waals surface area contributed by atoms with Crippen LogP contribution in [0.4, 0.5) is 0 Å². The highest BCUT2D eigenvalue weighted by Crippen LogP contribution is 2.18. The van der Waals surface area contributed by atoms with Crippen LogP contribution in [-0.2, 0) is 4.79 Å². The Bertz CT molecular complexity index is 565. The normalized spacial score (nSPS) is 16.4. The smallest absolute Gasteiger partial charge is 0.253 e. The molecule has 0 radical (unpaired) electrons. The van der Waals surface area contributed by atoms with Crippen molar-refractivity contribution in [2.45, 2.75) is 31.3 Å². The second-order valence-corrected chi connectivity index (χ2v) is 8.30. The summed E-state index contributed by atoms with van der Waals surface area (Å²) in [7, 11) is 0. The maximum absolute atomic E-state index is 12.6. The van der Waals surface area contributed by atoms with E-state index in [1.807, 2.05) is 18.0 Å². The van der Waals surface area contributed by atoms with Gasteiger partial charge in [-0.05, 0) is 54.9 Å². The van der Waals surface area contributed by atoms with Gasteiger partial charge < -0.3 is 10.6 Å². The molecule has 1 fully saturated rings. The lowest BCUT2D eigenvalue weighted by Crippen LogP contribution is -2.50. The quantitative estimate of drug-likeness (QED) is 0.755. The van der Waals surface area contributed by atoms with Gasteiger partial charge in [0, 0.05) is 6.04 Å². The lowest BCUT2D eigenvalue weighted by atomic mass is 10.1. The van der Waals surface area contributed by atoms with Gasteiger partial charge in [0.25, 0.3) is 5.91 Å². The summed E-state index contributed by atoms with van der Waals surface area (Å²) in [5.41, 5.74) is 0.398. The maximum atomic E-state index is 12.6. The Morgan fingerprint density at radius 2 is 2.04 bits per heavy atom. The van der Waals surface area contributed by atoms with Crippen LogP contribution in [0.5, 0.6) is 0 Å². The number of amides is 2. The van der Waals surface area contributed by atoms with Gasteiger partial charge in [-0.2, -0.15) is 23.5 Å². The standard InChI is InChI=1S/C17H23ClN2O2S2/c1-23-9-8-15(17(22)19-12-6-10-24-11-7-12)20-16(21)13-4-2-3-5-14(13)18/h2-5,12,15H,6-11H2,1H3,(H,19,22)(H,20,21). The summed E-state index contributed by atoms with van der Waals surface area (Å²) >= 11 is 9.65. The molecule has 7 heteroatoms. The van der Waals surface area contributed by atoms with Crippen molar-refractivity contribution in [2.24, 2.45) is 0 Å². The maximum Gasteiger partial charge on any atom is 0.253 e. The van der Waals surface area contributed by atoms with Gasteiger partial charge in [0.05, 0.1) is 10.6 Å². The Kier molecular flexibility index (Phi) is 8.29. The fourth-order valence-corrected chi connectivity index (χ4v) is 4.33. The van der Waals surface area contributed by atoms with Crippen LogP contribution in [0.15, 0.2) is 24.3 Å². The third-order valence-corrected chi connectivity index (χ3v) is 5.94. The van der Waals surface area contributed by atoms with Gasteiger partial charge in [-0.25, -0.2) is 0 Å². The van der Waals surface area contributed by atoms with E-state index in [9.17, 15) is 9.59 Å². The molecule has 1 saturated heterocycles. The molecule has 4 nitrogen and oxygen atoms in total. The first-order valence-corrected chi connectivity index (χ1v) is 11.0. The molecule has 1 heterocycles. The van der Waals surface area contributed by atoms with E-state index in [0.717, 1.165) is 30.1 Å². The SMILES string of the molecule is CSCCC(NC(=O)c1ccccc1Cl)C(=O)NC1CCSCC1. The molecule has 1 aromatic rings. The van der Waals surface area contributed by atoms with E-state index in [2.05, 4.69) is 10.6 Å². The van der Waals surface area contributed by atoms with Crippen molar-refractivity contribution in [3.8, 4) is 0 Å². The Morgan fingerprint density at radius 1 is 1.33 bits per heavy atom. The topological polar surface area (TPSA) is 58.2 Å². The number of carbonyl (C=O) groups excluding carboxylic acids is 2. The van der Waals surface area contributed by atoms with Crippen LogP contribution >= 0.6 is 35.1 Å². The van der Waals surface area contributed by atoms with Crippen molar-refractivity contribution in [3.63, 3.8) is 0 Å². The molecule has 0 spiro atoms. The average Bonchev–Trinajstić information content (AvgIpc) is 2.59. The minimum absolute atomic E-state index is 0.0960. The van der Waals surface area contributed by atoms with Crippen LogP contribution in [0.25, 0.3) is 0 Å². The van der Waals surface area contributed by atoms with E-state index in [-0.39, 0.29) is 17.9 Å². The predicted octanol–water partition coefficient (Wildman–Crippen LogP) is 3.20. The minimum atomic E-state index is -0.532. The predicted molar refractivity (Wildman–Crippen MR) is 104 cm³/mol. The zero-order chi connectivity index (χ0) is 17.4. The third kappa shape index (κ3) is 5.90. The molecule has 2 amide bonds. The molecule has 2 rings (SSSR count). The molecule has 1 aromatic carbocycles. The van der Waals surface area contributed by atoms with Crippen molar-refractivity contribution in [3.05, 3.63) is 34.9 Å². The zero-order valence-corrected chi connectivity index (χ0v) is 16.1. The van der Waals surface area contributed by atoms with Gasteiger partial charge >= 0.3 is 0 Å². The summed E-state index contributed by atoms with van der Waals surface area (Å²) in [5, 5.41) is 6.33. The fraction of sp³-hybridized carbons (Fsp3) is 0.529. The molecule has 24 heavy (non-hydrogen) atoms. The van der Waals surface area contributed by atoms with Crippen LogP contribution in [-0.4, -0.2) is 47.4 Å². The van der Waals surface area contributed by atoms with Crippen LogP contribution in [0, 0.1) is 0 Å².